The molecule has 29 heavy (non-hydrogen) atoms. The summed E-state index contributed by atoms with van der Waals surface area (Å²) in [6, 6.07) is 1.10. The van der Waals surface area contributed by atoms with Gasteiger partial charge in [0, 0.05) is 0 Å². The zero-order valence-corrected chi connectivity index (χ0v) is 19.0. The van der Waals surface area contributed by atoms with Crippen LogP contribution in [0.4, 0.5) is 10.2 Å². The fourth-order valence-electron chi connectivity index (χ4n) is 3.64. The van der Waals surface area contributed by atoms with Crippen molar-refractivity contribution in [1.82, 2.24) is 19.5 Å². The van der Waals surface area contributed by atoms with Crippen molar-refractivity contribution >= 4 is 36.8 Å². The van der Waals surface area contributed by atoms with Crippen LogP contribution in [0.3, 0.4) is 0 Å². The molecular weight excluding hydrogens is 417 g/mol. The van der Waals surface area contributed by atoms with Gasteiger partial charge in [0.2, 0.25) is 5.28 Å². The number of anilines is 1. The molecule has 3 heterocycles. The third-order valence-corrected chi connectivity index (χ3v) is 9.52. The van der Waals surface area contributed by atoms with E-state index in [1.807, 2.05) is 7.05 Å². The minimum atomic E-state index is -1.83. The third-order valence-electron chi connectivity index (χ3n) is 5.74. The van der Waals surface area contributed by atoms with E-state index in [4.69, 9.17) is 16.3 Å². The molecular formula is C18H29ClFN5O3Si. The maximum absolute atomic E-state index is 14.6. The summed E-state index contributed by atoms with van der Waals surface area (Å²) in [4.78, 5) is 13.1. The first kappa shape index (κ1) is 22.4. The topological polar surface area (TPSA) is 96.5 Å². The molecule has 1 aliphatic rings. The molecule has 2 aromatic heterocycles. The van der Waals surface area contributed by atoms with Gasteiger partial charge in [-0.15, -0.1) is 0 Å². The Morgan fingerprint density at radius 1 is 1.34 bits per heavy atom. The van der Waals surface area contributed by atoms with Gasteiger partial charge in [0.1, 0.15) is 17.7 Å². The minimum Gasteiger partial charge on any atom is -0.394 e. The average Bonchev–Trinajstić information content (AvgIpc) is 3.21. The standard InChI is InChI=1S/C18H29ClFN5O3Si/c1-5-6-7-8-29(3,4)24(2)15-13-16(23-18(19)22-15)25(10-21-13)17-12(20)14(27)11(9-26)28-17/h10-12,14,17,26-27H,5-9H2,1-4H3. The Labute approximate surface area is 175 Å². The van der Waals surface area contributed by atoms with Gasteiger partial charge in [-0.25, -0.2) is 9.37 Å². The van der Waals surface area contributed by atoms with Gasteiger partial charge in [0.25, 0.3) is 0 Å². The van der Waals surface area contributed by atoms with Crippen LogP contribution in [-0.4, -0.2) is 70.0 Å². The van der Waals surface area contributed by atoms with Gasteiger partial charge in [-0.3, -0.25) is 4.57 Å². The highest BCUT2D eigenvalue weighted by molar-refractivity contribution is 6.81. The molecule has 0 radical (unpaired) electrons. The summed E-state index contributed by atoms with van der Waals surface area (Å²) in [7, 11) is 0.159. The number of alkyl halides is 1. The Bertz CT molecular complexity index is 854. The minimum absolute atomic E-state index is 0.0344. The lowest BCUT2D eigenvalue weighted by Gasteiger charge is -2.35. The lowest BCUT2D eigenvalue weighted by Crippen LogP contribution is -2.46. The number of ether oxygens (including phenoxy) is 1. The van der Waals surface area contributed by atoms with E-state index in [1.54, 1.807) is 0 Å². The number of halogens is 2. The normalized spacial score (nSPS) is 25.1. The van der Waals surface area contributed by atoms with Gasteiger partial charge in [-0.2, -0.15) is 9.97 Å². The van der Waals surface area contributed by atoms with E-state index in [0.717, 1.165) is 18.9 Å². The molecule has 11 heteroatoms. The Balaban J connectivity index is 1.98. The monoisotopic (exact) mass is 445 g/mol. The maximum Gasteiger partial charge on any atom is 0.226 e. The quantitative estimate of drug-likeness (QED) is 0.366. The summed E-state index contributed by atoms with van der Waals surface area (Å²) in [5.74, 6) is 0.611. The second kappa shape index (κ2) is 8.81. The van der Waals surface area contributed by atoms with Gasteiger partial charge >= 0.3 is 0 Å². The molecule has 8 nitrogen and oxygen atoms in total. The molecule has 1 fully saturated rings. The number of hydrogen-bond donors (Lipinski definition) is 2. The van der Waals surface area contributed by atoms with Crippen molar-refractivity contribution in [3.05, 3.63) is 11.6 Å². The van der Waals surface area contributed by atoms with E-state index in [0.29, 0.717) is 17.0 Å². The number of nitrogens with zero attached hydrogens (tertiary/aromatic N) is 5. The predicted octanol–water partition coefficient (Wildman–Crippen LogP) is 2.90. The van der Waals surface area contributed by atoms with Crippen molar-refractivity contribution in [3.8, 4) is 0 Å². The number of hydrogen-bond acceptors (Lipinski definition) is 7. The number of aromatic nitrogens is 4. The smallest absolute Gasteiger partial charge is 0.226 e. The summed E-state index contributed by atoms with van der Waals surface area (Å²) < 4.78 is 23.7. The van der Waals surface area contributed by atoms with Crippen LogP contribution in [0.5, 0.6) is 0 Å². The van der Waals surface area contributed by atoms with Crippen LogP contribution in [0, 0.1) is 0 Å². The van der Waals surface area contributed by atoms with Crippen molar-refractivity contribution in [1.29, 1.82) is 0 Å². The number of unbranched alkanes of at least 4 members (excludes halogenated alkanes) is 2. The lowest BCUT2D eigenvalue weighted by atomic mass is 10.1. The summed E-state index contributed by atoms with van der Waals surface area (Å²) in [5, 5.41) is 19.3. The fraction of sp³-hybridized carbons (Fsp3) is 0.722. The van der Waals surface area contributed by atoms with Crippen molar-refractivity contribution in [3.63, 3.8) is 0 Å². The average molecular weight is 446 g/mol. The highest BCUT2D eigenvalue weighted by Crippen LogP contribution is 2.36. The SMILES string of the molecule is CCCCC[Si](C)(C)N(C)c1nc(Cl)nc2c1ncn2C1OC(CO)C(O)C1F. The highest BCUT2D eigenvalue weighted by atomic mass is 35.5. The van der Waals surface area contributed by atoms with Crippen molar-refractivity contribution in [2.45, 2.75) is 69.9 Å². The zero-order chi connectivity index (χ0) is 21.3. The van der Waals surface area contributed by atoms with E-state index >= 15 is 0 Å². The van der Waals surface area contributed by atoms with E-state index < -0.39 is 39.4 Å². The molecule has 0 amide bonds. The molecule has 1 saturated heterocycles. The summed E-state index contributed by atoms with van der Waals surface area (Å²) in [5.41, 5.74) is 0.842. The van der Waals surface area contributed by atoms with Crippen LogP contribution in [0.25, 0.3) is 11.2 Å². The highest BCUT2D eigenvalue weighted by Gasteiger charge is 2.45. The van der Waals surface area contributed by atoms with Crippen molar-refractivity contribution < 1.29 is 19.3 Å². The van der Waals surface area contributed by atoms with Gasteiger partial charge in [-0.1, -0.05) is 39.3 Å². The number of aliphatic hydroxyl groups is 2. The van der Waals surface area contributed by atoms with E-state index in [2.05, 4.69) is 39.5 Å². The number of rotatable bonds is 8. The molecule has 0 spiro atoms. The first-order valence-corrected chi connectivity index (χ1v) is 13.5. The van der Waals surface area contributed by atoms with Gasteiger partial charge in [0.05, 0.1) is 12.9 Å². The van der Waals surface area contributed by atoms with Gasteiger partial charge in [-0.05, 0) is 24.7 Å². The molecule has 4 unspecified atom stereocenters. The van der Waals surface area contributed by atoms with Gasteiger partial charge < -0.3 is 19.5 Å². The Morgan fingerprint density at radius 3 is 2.69 bits per heavy atom. The molecule has 1 aliphatic heterocycles. The number of aliphatic hydroxyl groups excluding tert-OH is 2. The van der Waals surface area contributed by atoms with Crippen LogP contribution in [0.15, 0.2) is 6.33 Å². The summed E-state index contributed by atoms with van der Waals surface area (Å²) in [6.07, 6.45) is -0.383. The molecule has 0 aromatic carbocycles. The molecule has 0 bridgehead atoms. The van der Waals surface area contributed by atoms with Crippen molar-refractivity contribution in [2.24, 2.45) is 0 Å². The first-order valence-electron chi connectivity index (χ1n) is 9.93. The molecule has 0 saturated carbocycles. The van der Waals surface area contributed by atoms with E-state index in [9.17, 15) is 14.6 Å². The molecule has 0 aliphatic carbocycles. The third kappa shape index (κ3) is 4.27. The number of fused-ring (bicyclic) bond motifs is 1. The second-order valence-electron chi connectivity index (χ2n) is 8.15. The van der Waals surface area contributed by atoms with Crippen LogP contribution < -0.4 is 4.57 Å². The molecule has 2 aromatic rings. The summed E-state index contributed by atoms with van der Waals surface area (Å²) >= 11 is 6.20. The lowest BCUT2D eigenvalue weighted by molar-refractivity contribution is -0.0459. The van der Waals surface area contributed by atoms with E-state index in [-0.39, 0.29) is 5.28 Å². The Hall–Kier alpha value is -1.33. The maximum atomic E-state index is 14.6. The summed E-state index contributed by atoms with van der Waals surface area (Å²) in [6.45, 7) is 6.23. The predicted molar refractivity (Wildman–Crippen MR) is 112 cm³/mol. The molecule has 3 rings (SSSR count). The zero-order valence-electron chi connectivity index (χ0n) is 17.2. The molecule has 162 valence electrons. The largest absolute Gasteiger partial charge is 0.394 e. The van der Waals surface area contributed by atoms with E-state index in [1.165, 1.54) is 17.3 Å². The molecule has 2 N–H and O–H groups in total. The Morgan fingerprint density at radius 2 is 2.07 bits per heavy atom. The van der Waals surface area contributed by atoms with Crippen molar-refractivity contribution in [2.75, 3.05) is 18.2 Å². The first-order chi connectivity index (χ1) is 13.7. The Kier molecular flexibility index (Phi) is 6.79. The molecule has 4 atom stereocenters. The number of imidazole rings is 1. The van der Waals surface area contributed by atoms with Crippen LogP contribution in [0.2, 0.25) is 24.4 Å². The van der Waals surface area contributed by atoms with Crippen LogP contribution >= 0.6 is 11.6 Å². The van der Waals surface area contributed by atoms with Crippen LogP contribution in [0.1, 0.15) is 32.4 Å². The van der Waals surface area contributed by atoms with Crippen LogP contribution in [-0.2, 0) is 4.74 Å². The van der Waals surface area contributed by atoms with Gasteiger partial charge in [0.15, 0.2) is 32.1 Å². The second-order valence-corrected chi connectivity index (χ2v) is 13.3. The fourth-order valence-corrected chi connectivity index (χ4v) is 5.98.